The fourth-order valence-corrected chi connectivity index (χ4v) is 6.84. The first kappa shape index (κ1) is 56.7. The summed E-state index contributed by atoms with van der Waals surface area (Å²) in [6.07, 6.45) is 49.8. The predicted molar refractivity (Wildman–Crippen MR) is 245 cm³/mol. The van der Waals surface area contributed by atoms with Crippen LogP contribution in [-0.2, 0) is 32.7 Å². The summed E-state index contributed by atoms with van der Waals surface area (Å²) >= 11 is 0. The standard InChI is InChI=1S/C49H88NO8P/c1-6-8-10-12-14-16-18-20-22-24-25-26-28-30-32-34-36-38-40-42-49(52)58-47(46-57-59(53,54)56-44-43-50(3,4)5)45-55-48(51)41-39-37-35-33-31-29-27-23-21-19-17-15-13-11-9-7-2/h14,16,20,22,25-26,30,32,36,38,47H,6-13,15,17-19,21,23-24,27-29,31,33-35,37,39-46H2,1-5H3/b16-14+,22-20+,26-25+,32-30+,38-36+/t47-/m1/s1. The monoisotopic (exact) mass is 850 g/mol. The summed E-state index contributed by atoms with van der Waals surface area (Å²) in [6, 6.07) is 0. The molecule has 0 amide bonds. The molecule has 0 aliphatic carbocycles. The second-order valence-corrected chi connectivity index (χ2v) is 18.2. The minimum Gasteiger partial charge on any atom is -0.756 e. The predicted octanol–water partition coefficient (Wildman–Crippen LogP) is 13.0. The molecular formula is C49H88NO8P. The third kappa shape index (κ3) is 45.1. The Balaban J connectivity index is 4.44. The smallest absolute Gasteiger partial charge is 0.306 e. The van der Waals surface area contributed by atoms with E-state index in [0.29, 0.717) is 17.4 Å². The van der Waals surface area contributed by atoms with Crippen molar-refractivity contribution < 1.29 is 42.1 Å². The lowest BCUT2D eigenvalue weighted by Crippen LogP contribution is -2.37. The van der Waals surface area contributed by atoms with Crippen LogP contribution in [-0.4, -0.2) is 70.0 Å². The van der Waals surface area contributed by atoms with Crippen molar-refractivity contribution in [3.63, 3.8) is 0 Å². The van der Waals surface area contributed by atoms with Gasteiger partial charge in [0.2, 0.25) is 0 Å². The molecule has 0 aromatic heterocycles. The van der Waals surface area contributed by atoms with E-state index in [1.54, 1.807) is 0 Å². The molecule has 0 aromatic rings. The molecule has 0 aromatic carbocycles. The van der Waals surface area contributed by atoms with Crippen LogP contribution in [0, 0.1) is 0 Å². The van der Waals surface area contributed by atoms with Crippen LogP contribution in [0.4, 0.5) is 0 Å². The number of likely N-dealkylation sites (N-methyl/N-ethyl adjacent to an activating group) is 1. The molecule has 10 heteroatoms. The number of rotatable bonds is 42. The maximum atomic E-state index is 12.7. The van der Waals surface area contributed by atoms with E-state index in [0.717, 1.165) is 44.9 Å². The van der Waals surface area contributed by atoms with Gasteiger partial charge in [-0.25, -0.2) is 0 Å². The number of phosphoric ester groups is 1. The fourth-order valence-electron chi connectivity index (χ4n) is 6.11. The maximum absolute atomic E-state index is 12.7. The second kappa shape index (κ2) is 41.1. The molecule has 0 rings (SSSR count). The Bertz CT molecular complexity index is 1190. The number of unbranched alkanes of at least 4 members (excludes halogenated alkanes) is 18. The normalized spacial score (nSPS) is 14.1. The number of hydrogen-bond acceptors (Lipinski definition) is 8. The molecule has 0 aliphatic heterocycles. The van der Waals surface area contributed by atoms with Crippen molar-refractivity contribution in [2.75, 3.05) is 47.5 Å². The van der Waals surface area contributed by atoms with Gasteiger partial charge in [-0.2, -0.15) is 0 Å². The number of hydrogen-bond donors (Lipinski definition) is 0. The maximum Gasteiger partial charge on any atom is 0.306 e. The lowest BCUT2D eigenvalue weighted by molar-refractivity contribution is -0.870. The van der Waals surface area contributed by atoms with Crippen LogP contribution in [0.25, 0.3) is 0 Å². The van der Waals surface area contributed by atoms with Crippen LogP contribution in [0.15, 0.2) is 60.8 Å². The zero-order valence-corrected chi connectivity index (χ0v) is 39.3. The van der Waals surface area contributed by atoms with Gasteiger partial charge in [-0.3, -0.25) is 14.2 Å². The summed E-state index contributed by atoms with van der Waals surface area (Å²) < 4.78 is 33.9. The third-order valence-electron chi connectivity index (χ3n) is 9.80. The van der Waals surface area contributed by atoms with Crippen molar-refractivity contribution in [2.24, 2.45) is 0 Å². The summed E-state index contributed by atoms with van der Waals surface area (Å²) in [5.74, 6) is -0.929. The minimum atomic E-state index is -4.65. The van der Waals surface area contributed by atoms with E-state index in [-0.39, 0.29) is 26.1 Å². The average Bonchev–Trinajstić information content (AvgIpc) is 3.19. The molecule has 0 fully saturated rings. The molecule has 2 atom stereocenters. The molecule has 0 radical (unpaired) electrons. The quantitative estimate of drug-likeness (QED) is 0.0196. The van der Waals surface area contributed by atoms with Crippen molar-refractivity contribution in [1.29, 1.82) is 0 Å². The number of carbonyl (C=O) groups is 2. The van der Waals surface area contributed by atoms with Gasteiger partial charge in [0, 0.05) is 12.8 Å². The van der Waals surface area contributed by atoms with Gasteiger partial charge in [-0.15, -0.1) is 0 Å². The lowest BCUT2D eigenvalue weighted by Gasteiger charge is -2.28. The number of allylic oxidation sites excluding steroid dienone is 10. The minimum absolute atomic E-state index is 0.0452. The van der Waals surface area contributed by atoms with Crippen LogP contribution in [0.2, 0.25) is 0 Å². The van der Waals surface area contributed by atoms with Crippen molar-refractivity contribution in [2.45, 2.75) is 193 Å². The van der Waals surface area contributed by atoms with E-state index >= 15 is 0 Å². The summed E-state index contributed by atoms with van der Waals surface area (Å²) in [5, 5.41) is 0. The molecule has 0 spiro atoms. The summed E-state index contributed by atoms with van der Waals surface area (Å²) in [6.45, 7) is 4.12. The Morgan fingerprint density at radius 3 is 1.42 bits per heavy atom. The fraction of sp³-hybridized carbons (Fsp3) is 0.755. The van der Waals surface area contributed by atoms with Crippen molar-refractivity contribution >= 4 is 19.8 Å². The largest absolute Gasteiger partial charge is 0.756 e. The van der Waals surface area contributed by atoms with E-state index < -0.39 is 32.5 Å². The molecule has 0 heterocycles. The third-order valence-corrected chi connectivity index (χ3v) is 10.8. The number of ether oxygens (including phenoxy) is 2. The van der Waals surface area contributed by atoms with E-state index in [1.165, 1.54) is 109 Å². The summed E-state index contributed by atoms with van der Waals surface area (Å²) in [7, 11) is 1.12. The van der Waals surface area contributed by atoms with Crippen LogP contribution in [0.1, 0.15) is 187 Å². The molecule has 0 saturated heterocycles. The van der Waals surface area contributed by atoms with Gasteiger partial charge in [0.25, 0.3) is 7.82 Å². The first-order valence-corrected chi connectivity index (χ1v) is 25.0. The SMILES string of the molecule is CCCCC/C=C/C/C=C/C/C=C/C/C=C/C/C=C/CCC(=O)O[C@H](COC(=O)CCCCCCCCCCCCCCCCCC)COP(=O)([O-])OCC[N+](C)(C)C. The highest BCUT2D eigenvalue weighted by molar-refractivity contribution is 7.45. The number of quaternary nitrogens is 1. The topological polar surface area (TPSA) is 111 Å². The Morgan fingerprint density at radius 2 is 0.949 bits per heavy atom. The summed E-state index contributed by atoms with van der Waals surface area (Å²) in [5.41, 5.74) is 0. The van der Waals surface area contributed by atoms with Gasteiger partial charge in [0.1, 0.15) is 19.8 Å². The van der Waals surface area contributed by atoms with Crippen molar-refractivity contribution in [1.82, 2.24) is 0 Å². The Hall–Kier alpha value is -2.29. The van der Waals surface area contributed by atoms with Crippen LogP contribution < -0.4 is 4.89 Å². The molecule has 59 heavy (non-hydrogen) atoms. The first-order valence-electron chi connectivity index (χ1n) is 23.5. The van der Waals surface area contributed by atoms with E-state index in [1.807, 2.05) is 33.3 Å². The van der Waals surface area contributed by atoms with E-state index in [4.69, 9.17) is 18.5 Å². The number of esters is 2. The Labute approximate surface area is 362 Å². The molecule has 0 aliphatic rings. The zero-order chi connectivity index (χ0) is 43.6. The van der Waals surface area contributed by atoms with Crippen LogP contribution >= 0.6 is 7.82 Å². The van der Waals surface area contributed by atoms with Gasteiger partial charge in [0.15, 0.2) is 6.10 Å². The number of nitrogens with zero attached hydrogens (tertiary/aromatic N) is 1. The Kier molecular flexibility index (Phi) is 39.5. The molecule has 1 unspecified atom stereocenters. The molecule has 9 nitrogen and oxygen atoms in total. The van der Waals surface area contributed by atoms with Gasteiger partial charge in [0.05, 0.1) is 27.7 Å². The van der Waals surface area contributed by atoms with Gasteiger partial charge < -0.3 is 27.9 Å². The van der Waals surface area contributed by atoms with Crippen molar-refractivity contribution in [3.05, 3.63) is 60.8 Å². The van der Waals surface area contributed by atoms with Crippen LogP contribution in [0.3, 0.4) is 0 Å². The van der Waals surface area contributed by atoms with E-state index in [9.17, 15) is 19.0 Å². The average molecular weight is 850 g/mol. The highest BCUT2D eigenvalue weighted by atomic mass is 31.2. The van der Waals surface area contributed by atoms with Gasteiger partial charge >= 0.3 is 11.9 Å². The van der Waals surface area contributed by atoms with Gasteiger partial charge in [-0.05, 0) is 51.4 Å². The lowest BCUT2D eigenvalue weighted by atomic mass is 10.0. The highest BCUT2D eigenvalue weighted by Crippen LogP contribution is 2.38. The number of carbonyl (C=O) groups excluding carboxylic acids is 2. The summed E-state index contributed by atoms with van der Waals surface area (Å²) in [4.78, 5) is 37.6. The molecule has 0 bridgehead atoms. The van der Waals surface area contributed by atoms with Gasteiger partial charge in [-0.1, -0.05) is 184 Å². The second-order valence-electron chi connectivity index (χ2n) is 16.8. The molecule has 0 N–H and O–H groups in total. The van der Waals surface area contributed by atoms with E-state index in [2.05, 4.69) is 62.5 Å². The Morgan fingerprint density at radius 1 is 0.525 bits per heavy atom. The van der Waals surface area contributed by atoms with Crippen LogP contribution in [0.5, 0.6) is 0 Å². The number of phosphoric acid groups is 1. The highest BCUT2D eigenvalue weighted by Gasteiger charge is 2.21. The zero-order valence-electron chi connectivity index (χ0n) is 38.4. The molecule has 0 saturated carbocycles. The van der Waals surface area contributed by atoms with Crippen molar-refractivity contribution in [3.8, 4) is 0 Å². The molecule has 342 valence electrons. The first-order chi connectivity index (χ1) is 28.5. The molecular weight excluding hydrogens is 762 g/mol.